The summed E-state index contributed by atoms with van der Waals surface area (Å²) in [6, 6.07) is 1.22. The van der Waals surface area contributed by atoms with Gasteiger partial charge in [-0.1, -0.05) is 0 Å². The molecular weight excluding hydrogens is 275 g/mol. The number of rotatable bonds is 4. The SMILES string of the molecule is CCn1cnnc1CNc1cc(N)nc(C(F)(F)F)n1. The predicted octanol–water partition coefficient (Wildman–Crippen LogP) is 1.30. The zero-order valence-corrected chi connectivity index (χ0v) is 10.5. The van der Waals surface area contributed by atoms with Gasteiger partial charge in [0, 0.05) is 12.6 Å². The van der Waals surface area contributed by atoms with E-state index in [-0.39, 0.29) is 18.2 Å². The van der Waals surface area contributed by atoms with Crippen LogP contribution in [0.5, 0.6) is 0 Å². The van der Waals surface area contributed by atoms with Crippen molar-refractivity contribution >= 4 is 11.6 Å². The molecule has 108 valence electrons. The van der Waals surface area contributed by atoms with Gasteiger partial charge >= 0.3 is 6.18 Å². The molecule has 0 amide bonds. The van der Waals surface area contributed by atoms with Gasteiger partial charge in [0.1, 0.15) is 18.0 Å². The Morgan fingerprint density at radius 1 is 1.35 bits per heavy atom. The molecule has 2 heterocycles. The number of halogens is 3. The van der Waals surface area contributed by atoms with Crippen LogP contribution in [-0.2, 0) is 19.3 Å². The lowest BCUT2D eigenvalue weighted by Gasteiger charge is -2.10. The van der Waals surface area contributed by atoms with Crippen LogP contribution in [0.25, 0.3) is 0 Å². The summed E-state index contributed by atoms with van der Waals surface area (Å²) in [4.78, 5) is 6.53. The maximum Gasteiger partial charge on any atom is 0.451 e. The van der Waals surface area contributed by atoms with Gasteiger partial charge in [0.2, 0.25) is 5.82 Å². The molecular formula is C10H12F3N7. The number of nitrogens with two attached hydrogens (primary N) is 1. The Morgan fingerprint density at radius 3 is 2.75 bits per heavy atom. The normalized spacial score (nSPS) is 11.6. The van der Waals surface area contributed by atoms with E-state index in [0.717, 1.165) is 0 Å². The Hall–Kier alpha value is -2.39. The summed E-state index contributed by atoms with van der Waals surface area (Å²) >= 11 is 0. The van der Waals surface area contributed by atoms with E-state index in [1.54, 1.807) is 4.57 Å². The molecule has 0 saturated carbocycles. The van der Waals surface area contributed by atoms with Crippen molar-refractivity contribution in [3.63, 3.8) is 0 Å². The van der Waals surface area contributed by atoms with Crippen molar-refractivity contribution in [2.75, 3.05) is 11.1 Å². The molecule has 2 rings (SSSR count). The molecule has 2 aromatic heterocycles. The summed E-state index contributed by atoms with van der Waals surface area (Å²) in [5, 5.41) is 10.3. The maximum atomic E-state index is 12.5. The molecule has 0 aliphatic carbocycles. The molecule has 10 heteroatoms. The van der Waals surface area contributed by atoms with Gasteiger partial charge in [-0.3, -0.25) is 0 Å². The lowest BCUT2D eigenvalue weighted by Crippen LogP contribution is -2.15. The van der Waals surface area contributed by atoms with Crippen molar-refractivity contribution in [3.05, 3.63) is 24.0 Å². The highest BCUT2D eigenvalue weighted by molar-refractivity contribution is 5.44. The second-order valence-corrected chi connectivity index (χ2v) is 3.89. The molecule has 0 radical (unpaired) electrons. The first-order valence-corrected chi connectivity index (χ1v) is 5.72. The number of alkyl halides is 3. The summed E-state index contributed by atoms with van der Waals surface area (Å²) in [6.45, 7) is 2.74. The van der Waals surface area contributed by atoms with E-state index in [2.05, 4.69) is 25.5 Å². The fourth-order valence-electron chi connectivity index (χ4n) is 1.53. The number of aromatic nitrogens is 5. The summed E-state index contributed by atoms with van der Waals surface area (Å²) in [7, 11) is 0. The van der Waals surface area contributed by atoms with Crippen LogP contribution in [0.3, 0.4) is 0 Å². The van der Waals surface area contributed by atoms with Gasteiger partial charge in [0.25, 0.3) is 0 Å². The highest BCUT2D eigenvalue weighted by Gasteiger charge is 2.35. The Kier molecular flexibility index (Phi) is 3.72. The summed E-state index contributed by atoms with van der Waals surface area (Å²) in [6.07, 6.45) is -3.11. The molecule has 0 spiro atoms. The molecule has 7 nitrogen and oxygen atoms in total. The number of hydrogen-bond donors (Lipinski definition) is 2. The standard InChI is InChI=1S/C10H12F3N7/c1-2-20-5-16-19-8(20)4-15-7-3-6(14)17-9(18-7)10(11,12)13/h3,5H,2,4H2,1H3,(H3,14,15,17,18). The zero-order valence-electron chi connectivity index (χ0n) is 10.5. The molecule has 20 heavy (non-hydrogen) atoms. The van der Waals surface area contributed by atoms with E-state index in [0.29, 0.717) is 12.4 Å². The van der Waals surface area contributed by atoms with Gasteiger partial charge in [-0.25, -0.2) is 9.97 Å². The van der Waals surface area contributed by atoms with Crippen molar-refractivity contribution in [1.82, 2.24) is 24.7 Å². The van der Waals surface area contributed by atoms with Crippen molar-refractivity contribution < 1.29 is 13.2 Å². The van der Waals surface area contributed by atoms with E-state index in [1.165, 1.54) is 12.4 Å². The topological polar surface area (TPSA) is 94.5 Å². The van der Waals surface area contributed by atoms with E-state index in [1.807, 2.05) is 6.92 Å². The highest BCUT2D eigenvalue weighted by Crippen LogP contribution is 2.27. The molecule has 0 saturated heterocycles. The van der Waals surface area contributed by atoms with Gasteiger partial charge in [0.05, 0.1) is 6.54 Å². The first kappa shape index (κ1) is 14.0. The molecule has 0 atom stereocenters. The number of anilines is 2. The van der Waals surface area contributed by atoms with Crippen LogP contribution in [0.2, 0.25) is 0 Å². The van der Waals surface area contributed by atoms with E-state index < -0.39 is 12.0 Å². The van der Waals surface area contributed by atoms with Crippen LogP contribution < -0.4 is 11.1 Å². The number of aryl methyl sites for hydroxylation is 1. The molecule has 3 N–H and O–H groups in total. The first-order valence-electron chi connectivity index (χ1n) is 5.72. The quantitative estimate of drug-likeness (QED) is 0.880. The Labute approximate surface area is 112 Å². The van der Waals surface area contributed by atoms with Crippen LogP contribution in [0.4, 0.5) is 24.8 Å². The molecule has 0 bridgehead atoms. The molecule has 0 unspecified atom stereocenters. The third kappa shape index (κ3) is 3.13. The van der Waals surface area contributed by atoms with Gasteiger partial charge < -0.3 is 15.6 Å². The lowest BCUT2D eigenvalue weighted by atomic mass is 10.4. The molecule has 0 aliphatic heterocycles. The number of nitrogens with one attached hydrogen (secondary N) is 1. The van der Waals surface area contributed by atoms with Crippen molar-refractivity contribution in [2.24, 2.45) is 0 Å². The summed E-state index contributed by atoms with van der Waals surface area (Å²) < 4.78 is 39.4. The van der Waals surface area contributed by atoms with Crippen molar-refractivity contribution in [3.8, 4) is 0 Å². The Balaban J connectivity index is 2.16. The fraction of sp³-hybridized carbons (Fsp3) is 0.400. The molecule has 0 aromatic carbocycles. The van der Waals surface area contributed by atoms with E-state index in [9.17, 15) is 13.2 Å². The first-order chi connectivity index (χ1) is 9.40. The Morgan fingerprint density at radius 2 is 2.10 bits per heavy atom. The predicted molar refractivity (Wildman–Crippen MR) is 64.5 cm³/mol. The zero-order chi connectivity index (χ0) is 14.8. The lowest BCUT2D eigenvalue weighted by molar-refractivity contribution is -0.144. The van der Waals surface area contributed by atoms with E-state index >= 15 is 0 Å². The molecule has 0 fully saturated rings. The van der Waals surface area contributed by atoms with Gasteiger partial charge in [-0.05, 0) is 6.92 Å². The van der Waals surface area contributed by atoms with Crippen LogP contribution in [0.15, 0.2) is 12.4 Å². The van der Waals surface area contributed by atoms with Crippen molar-refractivity contribution in [1.29, 1.82) is 0 Å². The van der Waals surface area contributed by atoms with Crippen LogP contribution in [0, 0.1) is 0 Å². The van der Waals surface area contributed by atoms with Gasteiger partial charge in [0.15, 0.2) is 5.82 Å². The minimum atomic E-state index is -4.64. The number of nitrogen functional groups attached to an aromatic ring is 1. The average molecular weight is 287 g/mol. The second kappa shape index (κ2) is 5.31. The van der Waals surface area contributed by atoms with E-state index in [4.69, 9.17) is 5.73 Å². The third-order valence-electron chi connectivity index (χ3n) is 2.46. The van der Waals surface area contributed by atoms with Crippen LogP contribution in [0.1, 0.15) is 18.6 Å². The maximum absolute atomic E-state index is 12.5. The second-order valence-electron chi connectivity index (χ2n) is 3.89. The number of hydrogen-bond acceptors (Lipinski definition) is 6. The molecule has 0 aliphatic rings. The number of nitrogens with zero attached hydrogens (tertiary/aromatic N) is 5. The summed E-state index contributed by atoms with van der Waals surface area (Å²) in [5.41, 5.74) is 5.34. The van der Waals surface area contributed by atoms with Crippen LogP contribution in [-0.4, -0.2) is 24.7 Å². The molecule has 2 aromatic rings. The van der Waals surface area contributed by atoms with Crippen LogP contribution >= 0.6 is 0 Å². The minimum absolute atomic E-state index is 0.0181. The highest BCUT2D eigenvalue weighted by atomic mass is 19.4. The average Bonchev–Trinajstić information content (AvgIpc) is 2.82. The smallest absolute Gasteiger partial charge is 0.384 e. The van der Waals surface area contributed by atoms with Gasteiger partial charge in [-0.15, -0.1) is 10.2 Å². The summed E-state index contributed by atoms with van der Waals surface area (Å²) in [5.74, 6) is -0.975. The monoisotopic (exact) mass is 287 g/mol. The minimum Gasteiger partial charge on any atom is -0.384 e. The van der Waals surface area contributed by atoms with Crippen molar-refractivity contribution in [2.45, 2.75) is 26.2 Å². The third-order valence-corrected chi connectivity index (χ3v) is 2.46. The van der Waals surface area contributed by atoms with Gasteiger partial charge in [-0.2, -0.15) is 13.2 Å². The Bertz CT molecular complexity index is 593. The fourth-order valence-corrected chi connectivity index (χ4v) is 1.53. The largest absolute Gasteiger partial charge is 0.451 e.